The van der Waals surface area contributed by atoms with Gasteiger partial charge in [0.15, 0.2) is 0 Å². The highest BCUT2D eigenvalue weighted by Crippen LogP contribution is 2.24. The summed E-state index contributed by atoms with van der Waals surface area (Å²) in [4.78, 5) is 11.9. The molecule has 0 aliphatic carbocycles. The predicted octanol–water partition coefficient (Wildman–Crippen LogP) is 4.55. The molecule has 0 saturated carbocycles. The van der Waals surface area contributed by atoms with Crippen LogP contribution in [0.3, 0.4) is 0 Å². The van der Waals surface area contributed by atoms with Crippen molar-refractivity contribution in [2.45, 2.75) is 12.3 Å². The Bertz CT molecular complexity index is 679. The highest BCUT2D eigenvalue weighted by molar-refractivity contribution is 7.99. The molecule has 23 heavy (non-hydrogen) atoms. The van der Waals surface area contributed by atoms with Gasteiger partial charge in [-0.3, -0.25) is 4.79 Å². The molecule has 2 aromatic rings. The third kappa shape index (κ3) is 5.65. The van der Waals surface area contributed by atoms with E-state index in [2.05, 4.69) is 5.32 Å². The molecule has 6 heteroatoms. The van der Waals surface area contributed by atoms with E-state index in [0.717, 1.165) is 16.9 Å². The normalized spacial score (nSPS) is 10.4. The molecular weight excluding hydrogens is 353 g/mol. The summed E-state index contributed by atoms with van der Waals surface area (Å²) in [5.41, 5.74) is 1.92. The first kappa shape index (κ1) is 18.0. The Morgan fingerprint density at radius 3 is 2.70 bits per heavy atom. The van der Waals surface area contributed by atoms with Crippen molar-refractivity contribution in [3.63, 3.8) is 0 Å². The summed E-state index contributed by atoms with van der Waals surface area (Å²) in [7, 11) is 1.62. The maximum absolute atomic E-state index is 11.9. The Morgan fingerprint density at radius 2 is 1.96 bits per heavy atom. The third-order valence-electron chi connectivity index (χ3n) is 3.17. The number of thioether (sulfide) groups is 1. The molecule has 2 aromatic carbocycles. The Labute approximate surface area is 150 Å². The van der Waals surface area contributed by atoms with Crippen LogP contribution in [0.15, 0.2) is 42.5 Å². The lowest BCUT2D eigenvalue weighted by molar-refractivity contribution is -0.118. The fourth-order valence-corrected chi connectivity index (χ4v) is 3.40. The van der Waals surface area contributed by atoms with Crippen molar-refractivity contribution < 1.29 is 9.53 Å². The number of nitrogens with one attached hydrogen (secondary N) is 1. The summed E-state index contributed by atoms with van der Waals surface area (Å²) in [5.74, 6) is 1.78. The van der Waals surface area contributed by atoms with Gasteiger partial charge in [-0.05, 0) is 23.8 Å². The molecule has 122 valence electrons. The van der Waals surface area contributed by atoms with Crippen molar-refractivity contribution in [1.29, 1.82) is 0 Å². The van der Waals surface area contributed by atoms with Crippen molar-refractivity contribution in [1.82, 2.24) is 5.32 Å². The first-order valence-corrected chi connectivity index (χ1v) is 8.91. The van der Waals surface area contributed by atoms with Gasteiger partial charge in [0.05, 0.1) is 12.9 Å². The van der Waals surface area contributed by atoms with E-state index in [1.165, 1.54) is 11.8 Å². The molecule has 1 amide bonds. The van der Waals surface area contributed by atoms with E-state index in [4.69, 9.17) is 27.9 Å². The van der Waals surface area contributed by atoms with E-state index in [9.17, 15) is 4.79 Å². The van der Waals surface area contributed by atoms with Crippen LogP contribution in [0.2, 0.25) is 10.0 Å². The van der Waals surface area contributed by atoms with Gasteiger partial charge in [-0.1, -0.05) is 47.5 Å². The van der Waals surface area contributed by atoms with Gasteiger partial charge in [-0.25, -0.2) is 0 Å². The Balaban J connectivity index is 1.77. The van der Waals surface area contributed by atoms with Crippen LogP contribution in [-0.2, 0) is 17.1 Å². The molecule has 1 N–H and O–H groups in total. The lowest BCUT2D eigenvalue weighted by Gasteiger charge is -2.09. The molecule has 0 aliphatic rings. The van der Waals surface area contributed by atoms with Crippen LogP contribution in [0.1, 0.15) is 11.1 Å². The van der Waals surface area contributed by atoms with Crippen molar-refractivity contribution in [2.75, 3.05) is 12.9 Å². The predicted molar refractivity (Wildman–Crippen MR) is 97.5 cm³/mol. The second-order valence-corrected chi connectivity index (χ2v) is 6.65. The third-order valence-corrected chi connectivity index (χ3v) is 4.74. The van der Waals surface area contributed by atoms with Gasteiger partial charge >= 0.3 is 0 Å². The summed E-state index contributed by atoms with van der Waals surface area (Å²) in [6.07, 6.45) is 0. The quantitative estimate of drug-likeness (QED) is 0.777. The molecule has 0 atom stereocenters. The van der Waals surface area contributed by atoms with E-state index in [1.54, 1.807) is 19.2 Å². The second-order valence-electron chi connectivity index (χ2n) is 4.82. The van der Waals surface area contributed by atoms with Gasteiger partial charge in [0, 0.05) is 27.9 Å². The largest absolute Gasteiger partial charge is 0.496 e. The molecule has 0 aliphatic heterocycles. The van der Waals surface area contributed by atoms with E-state index in [-0.39, 0.29) is 5.91 Å². The van der Waals surface area contributed by atoms with Gasteiger partial charge in [0.2, 0.25) is 5.91 Å². The number of halogens is 2. The van der Waals surface area contributed by atoms with Gasteiger partial charge in [0.1, 0.15) is 5.75 Å². The molecule has 3 nitrogen and oxygen atoms in total. The Morgan fingerprint density at radius 1 is 1.17 bits per heavy atom. The van der Waals surface area contributed by atoms with E-state index < -0.39 is 0 Å². The minimum absolute atomic E-state index is 0.0222. The van der Waals surface area contributed by atoms with Crippen molar-refractivity contribution in [2.24, 2.45) is 0 Å². The average molecular weight is 370 g/mol. The first-order valence-electron chi connectivity index (χ1n) is 7.00. The number of para-hydroxylation sites is 1. The number of carbonyl (C=O) groups is 1. The van der Waals surface area contributed by atoms with Gasteiger partial charge in [0.25, 0.3) is 0 Å². The average Bonchev–Trinajstić information content (AvgIpc) is 2.55. The second kappa shape index (κ2) is 9.06. The number of methoxy groups -OCH3 is 1. The van der Waals surface area contributed by atoms with Gasteiger partial charge < -0.3 is 10.1 Å². The summed E-state index contributed by atoms with van der Waals surface area (Å²) in [6, 6.07) is 13.0. The maximum atomic E-state index is 11.9. The molecule has 0 spiro atoms. The standard InChI is InChI=1S/C17H17Cl2NO2S/c1-22-16-5-3-2-4-12(16)9-20-17(21)11-23-10-13-6-7-14(18)8-15(13)19/h2-8H,9-11H2,1H3,(H,20,21). The van der Waals surface area contributed by atoms with Gasteiger partial charge in [-0.2, -0.15) is 0 Å². The summed E-state index contributed by atoms with van der Waals surface area (Å²) in [5, 5.41) is 4.12. The molecule has 0 fully saturated rings. The van der Waals surface area contributed by atoms with E-state index >= 15 is 0 Å². The highest BCUT2D eigenvalue weighted by atomic mass is 35.5. The molecule has 2 rings (SSSR count). The highest BCUT2D eigenvalue weighted by Gasteiger charge is 2.07. The summed E-state index contributed by atoms with van der Waals surface area (Å²) in [6.45, 7) is 0.450. The molecular formula is C17H17Cl2NO2S. The van der Waals surface area contributed by atoms with Crippen LogP contribution >= 0.6 is 35.0 Å². The lowest BCUT2D eigenvalue weighted by Crippen LogP contribution is -2.24. The topological polar surface area (TPSA) is 38.3 Å². The molecule has 0 aromatic heterocycles. The number of hydrogen-bond acceptors (Lipinski definition) is 3. The Hall–Kier alpha value is -1.36. The van der Waals surface area contributed by atoms with Crippen molar-refractivity contribution >= 4 is 40.9 Å². The number of amides is 1. The molecule has 0 radical (unpaired) electrons. The zero-order valence-electron chi connectivity index (χ0n) is 12.6. The molecule has 0 saturated heterocycles. The Kier molecular flexibility index (Phi) is 7.09. The van der Waals surface area contributed by atoms with E-state index in [1.807, 2.05) is 30.3 Å². The van der Waals surface area contributed by atoms with E-state index in [0.29, 0.717) is 28.1 Å². The van der Waals surface area contributed by atoms with Crippen LogP contribution in [0.4, 0.5) is 0 Å². The maximum Gasteiger partial charge on any atom is 0.230 e. The van der Waals surface area contributed by atoms with Crippen LogP contribution in [0.25, 0.3) is 0 Å². The zero-order valence-corrected chi connectivity index (χ0v) is 15.0. The van der Waals surface area contributed by atoms with Crippen LogP contribution < -0.4 is 10.1 Å². The molecule has 0 bridgehead atoms. The van der Waals surface area contributed by atoms with Crippen LogP contribution in [0, 0.1) is 0 Å². The van der Waals surface area contributed by atoms with Crippen molar-refractivity contribution in [3.8, 4) is 5.75 Å². The number of hydrogen-bond donors (Lipinski definition) is 1. The number of rotatable bonds is 7. The van der Waals surface area contributed by atoms with Crippen LogP contribution in [-0.4, -0.2) is 18.8 Å². The summed E-state index contributed by atoms with van der Waals surface area (Å²) >= 11 is 13.5. The fraction of sp³-hybridized carbons (Fsp3) is 0.235. The lowest BCUT2D eigenvalue weighted by atomic mass is 10.2. The molecule has 0 heterocycles. The number of carbonyl (C=O) groups excluding carboxylic acids is 1. The first-order chi connectivity index (χ1) is 11.1. The number of ether oxygens (including phenoxy) is 1. The minimum Gasteiger partial charge on any atom is -0.496 e. The summed E-state index contributed by atoms with van der Waals surface area (Å²) < 4.78 is 5.26. The molecule has 0 unspecified atom stereocenters. The van der Waals surface area contributed by atoms with Gasteiger partial charge in [-0.15, -0.1) is 11.8 Å². The fourth-order valence-electron chi connectivity index (χ4n) is 1.99. The van der Waals surface area contributed by atoms with Crippen molar-refractivity contribution in [3.05, 3.63) is 63.6 Å². The monoisotopic (exact) mass is 369 g/mol. The zero-order chi connectivity index (χ0) is 16.7. The smallest absolute Gasteiger partial charge is 0.230 e. The number of benzene rings is 2. The minimum atomic E-state index is -0.0222. The van der Waals surface area contributed by atoms with Crippen LogP contribution in [0.5, 0.6) is 5.75 Å². The SMILES string of the molecule is COc1ccccc1CNC(=O)CSCc1ccc(Cl)cc1Cl.